The van der Waals surface area contributed by atoms with E-state index >= 15 is 0 Å². The molecular weight excluding hydrogens is 528 g/mol. The van der Waals surface area contributed by atoms with E-state index in [-0.39, 0.29) is 29.5 Å². The summed E-state index contributed by atoms with van der Waals surface area (Å²) in [6.07, 6.45) is 1.36. The van der Waals surface area contributed by atoms with E-state index in [1.54, 1.807) is 18.2 Å². The van der Waals surface area contributed by atoms with Gasteiger partial charge in [0.2, 0.25) is 0 Å². The van der Waals surface area contributed by atoms with Crippen LogP contribution < -0.4 is 15.5 Å². The lowest BCUT2D eigenvalue weighted by molar-refractivity contribution is -0.384. The van der Waals surface area contributed by atoms with Gasteiger partial charge < -0.3 is 10.1 Å². The Bertz CT molecular complexity index is 1470. The average molecular weight is 547 g/mol. The minimum Gasteiger partial charge on any atom is -0.422 e. The number of fused-ring (bicyclic) bond motifs is 1. The van der Waals surface area contributed by atoms with Crippen LogP contribution >= 0.6 is 15.9 Å². The Hall–Kier alpha value is -4.57. The topological polar surface area (TPSA) is 123 Å². The van der Waals surface area contributed by atoms with Gasteiger partial charge in [0.1, 0.15) is 5.75 Å². The van der Waals surface area contributed by atoms with E-state index < -0.39 is 10.9 Å². The van der Waals surface area contributed by atoms with E-state index in [1.807, 2.05) is 42.5 Å². The summed E-state index contributed by atoms with van der Waals surface area (Å²) in [7, 11) is 0. The van der Waals surface area contributed by atoms with Crippen LogP contribution in [-0.4, -0.2) is 29.6 Å². The van der Waals surface area contributed by atoms with Gasteiger partial charge >= 0.3 is 5.97 Å². The number of halogens is 1. The third kappa shape index (κ3) is 6.30. The molecule has 0 unspecified atom stereocenters. The molecule has 0 saturated carbocycles. The summed E-state index contributed by atoms with van der Waals surface area (Å²) in [6, 6.07) is 23.7. The Morgan fingerprint density at radius 3 is 2.47 bits per heavy atom. The maximum Gasteiger partial charge on any atom is 0.343 e. The van der Waals surface area contributed by atoms with Crippen LogP contribution in [0.1, 0.15) is 15.9 Å². The summed E-state index contributed by atoms with van der Waals surface area (Å²) < 4.78 is 6.15. The number of hydrazone groups is 1. The molecule has 10 heteroatoms. The molecule has 0 heterocycles. The highest BCUT2D eigenvalue weighted by Gasteiger charge is 2.14. The number of rotatable bonds is 8. The van der Waals surface area contributed by atoms with Gasteiger partial charge in [-0.1, -0.05) is 46.3 Å². The van der Waals surface area contributed by atoms with Crippen molar-refractivity contribution in [2.45, 2.75) is 0 Å². The molecule has 2 N–H and O–H groups in total. The predicted molar refractivity (Wildman–Crippen MR) is 140 cm³/mol. The van der Waals surface area contributed by atoms with Gasteiger partial charge in [0.15, 0.2) is 0 Å². The number of nitro groups is 1. The second-order valence-corrected chi connectivity index (χ2v) is 8.50. The summed E-state index contributed by atoms with van der Waals surface area (Å²) >= 11 is 3.35. The molecule has 0 fully saturated rings. The van der Waals surface area contributed by atoms with Gasteiger partial charge in [-0.05, 0) is 53.2 Å². The Morgan fingerprint density at radius 1 is 0.972 bits per heavy atom. The number of esters is 1. The Morgan fingerprint density at radius 2 is 1.72 bits per heavy atom. The maximum atomic E-state index is 12.5. The van der Waals surface area contributed by atoms with Crippen molar-refractivity contribution in [3.05, 3.63) is 111 Å². The molecule has 36 heavy (non-hydrogen) atoms. The molecule has 1 amide bonds. The lowest BCUT2D eigenvalue weighted by Gasteiger charge is -2.08. The summed E-state index contributed by atoms with van der Waals surface area (Å²) in [6.45, 7) is 0.0101. The number of ether oxygens (including phenoxy) is 1. The SMILES string of the molecule is O=C(CNc1ccc2ccccc2c1)N/N=C\c1cc(Br)ccc1OC(=O)c1ccc([N+](=O)[O-])cc1. The number of non-ortho nitro benzene ring substituents is 1. The van der Waals surface area contributed by atoms with Gasteiger partial charge in [0.05, 0.1) is 23.2 Å². The van der Waals surface area contributed by atoms with Gasteiger partial charge in [-0.15, -0.1) is 0 Å². The van der Waals surface area contributed by atoms with Crippen LogP contribution in [0.3, 0.4) is 0 Å². The largest absolute Gasteiger partial charge is 0.422 e. The van der Waals surface area contributed by atoms with Crippen LogP contribution in [0.2, 0.25) is 0 Å². The van der Waals surface area contributed by atoms with E-state index in [4.69, 9.17) is 4.74 Å². The van der Waals surface area contributed by atoms with Crippen molar-refractivity contribution < 1.29 is 19.2 Å². The molecule has 0 radical (unpaired) electrons. The highest BCUT2D eigenvalue weighted by molar-refractivity contribution is 9.10. The Labute approximate surface area is 214 Å². The van der Waals surface area contributed by atoms with Crippen LogP contribution in [0, 0.1) is 10.1 Å². The van der Waals surface area contributed by atoms with E-state index in [1.165, 1.54) is 30.5 Å². The van der Waals surface area contributed by atoms with Gasteiger partial charge in [0, 0.05) is 27.9 Å². The number of hydrogen-bond donors (Lipinski definition) is 2. The first-order valence-corrected chi connectivity index (χ1v) is 11.5. The van der Waals surface area contributed by atoms with E-state index in [0.717, 1.165) is 16.5 Å². The number of amides is 1. The van der Waals surface area contributed by atoms with Crippen LogP contribution in [0.4, 0.5) is 11.4 Å². The van der Waals surface area contributed by atoms with Crippen LogP contribution in [0.5, 0.6) is 5.75 Å². The molecule has 4 aromatic carbocycles. The van der Waals surface area contributed by atoms with Gasteiger partial charge in [-0.2, -0.15) is 5.10 Å². The van der Waals surface area contributed by atoms with Crippen molar-refractivity contribution in [1.82, 2.24) is 5.43 Å². The third-order valence-electron chi connectivity index (χ3n) is 5.08. The fourth-order valence-electron chi connectivity index (χ4n) is 3.29. The summed E-state index contributed by atoms with van der Waals surface area (Å²) in [5, 5.41) is 20.0. The molecule has 0 spiro atoms. The van der Waals surface area contributed by atoms with Crippen LogP contribution in [0.25, 0.3) is 10.8 Å². The zero-order valence-corrected chi connectivity index (χ0v) is 20.3. The monoisotopic (exact) mass is 546 g/mol. The van der Waals surface area contributed by atoms with Crippen molar-refractivity contribution >= 4 is 56.2 Å². The van der Waals surface area contributed by atoms with Crippen LogP contribution in [-0.2, 0) is 4.79 Å². The highest BCUT2D eigenvalue weighted by atomic mass is 79.9. The van der Waals surface area contributed by atoms with Crippen molar-refractivity contribution in [2.75, 3.05) is 11.9 Å². The molecule has 0 aliphatic carbocycles. The molecule has 0 bridgehead atoms. The molecule has 0 atom stereocenters. The number of benzene rings is 4. The predicted octanol–water partition coefficient (Wildman–Crippen LogP) is 5.29. The molecule has 0 aliphatic rings. The van der Waals surface area contributed by atoms with Crippen molar-refractivity contribution in [3.8, 4) is 5.75 Å². The Balaban J connectivity index is 1.37. The van der Waals surface area contributed by atoms with Crippen molar-refractivity contribution in [3.63, 3.8) is 0 Å². The zero-order chi connectivity index (χ0) is 25.5. The molecule has 4 rings (SSSR count). The molecule has 0 saturated heterocycles. The molecule has 0 aromatic heterocycles. The maximum absolute atomic E-state index is 12.5. The zero-order valence-electron chi connectivity index (χ0n) is 18.7. The van der Waals surface area contributed by atoms with E-state index in [0.29, 0.717) is 10.0 Å². The Kier molecular flexibility index (Phi) is 7.66. The van der Waals surface area contributed by atoms with E-state index in [2.05, 4.69) is 31.8 Å². The quantitative estimate of drug-likeness (QED) is 0.102. The lowest BCUT2D eigenvalue weighted by Crippen LogP contribution is -2.25. The first-order valence-electron chi connectivity index (χ1n) is 10.7. The normalized spacial score (nSPS) is 10.8. The average Bonchev–Trinajstić information content (AvgIpc) is 2.88. The summed E-state index contributed by atoms with van der Waals surface area (Å²) in [4.78, 5) is 35.0. The highest BCUT2D eigenvalue weighted by Crippen LogP contribution is 2.23. The van der Waals surface area contributed by atoms with Crippen molar-refractivity contribution in [1.29, 1.82) is 0 Å². The number of nitrogens with one attached hydrogen (secondary N) is 2. The first-order chi connectivity index (χ1) is 17.4. The number of anilines is 1. The molecule has 9 nitrogen and oxygen atoms in total. The molecule has 180 valence electrons. The number of nitro benzene ring substituents is 1. The molecular formula is C26H19BrN4O5. The third-order valence-corrected chi connectivity index (χ3v) is 5.58. The minimum atomic E-state index is -0.689. The fraction of sp³-hybridized carbons (Fsp3) is 0.0385. The van der Waals surface area contributed by atoms with E-state index in [9.17, 15) is 19.7 Å². The van der Waals surface area contributed by atoms with Crippen LogP contribution in [0.15, 0.2) is 94.5 Å². The second kappa shape index (κ2) is 11.2. The second-order valence-electron chi connectivity index (χ2n) is 7.58. The number of nitrogens with zero attached hydrogens (tertiary/aromatic N) is 2. The summed E-state index contributed by atoms with van der Waals surface area (Å²) in [5.41, 5.74) is 3.70. The molecule has 0 aliphatic heterocycles. The first kappa shape index (κ1) is 24.6. The number of carbonyl (C=O) groups excluding carboxylic acids is 2. The summed E-state index contributed by atoms with van der Waals surface area (Å²) in [5.74, 6) is -0.849. The van der Waals surface area contributed by atoms with Gasteiger partial charge in [-0.25, -0.2) is 10.2 Å². The smallest absolute Gasteiger partial charge is 0.343 e. The fourth-order valence-corrected chi connectivity index (χ4v) is 3.66. The van der Waals surface area contributed by atoms with Gasteiger partial charge in [0.25, 0.3) is 11.6 Å². The lowest BCUT2D eigenvalue weighted by atomic mass is 10.1. The minimum absolute atomic E-state index is 0.0101. The van der Waals surface area contributed by atoms with Gasteiger partial charge in [-0.3, -0.25) is 14.9 Å². The number of carbonyl (C=O) groups is 2. The number of hydrogen-bond acceptors (Lipinski definition) is 7. The standard InChI is InChI=1S/C26H19BrN4O5/c27-21-8-12-24(36-26(33)18-6-10-23(11-7-18)31(34)35)20(13-21)15-29-30-25(32)16-28-22-9-5-17-3-1-2-4-19(17)14-22/h1-15,28H,16H2,(H,30,32)/b29-15-. The van der Waals surface area contributed by atoms with Crippen molar-refractivity contribution in [2.24, 2.45) is 5.10 Å². The molecule has 4 aromatic rings.